The molecule has 2 aliphatic carbocycles. The van der Waals surface area contributed by atoms with Crippen LogP contribution in [0, 0.1) is 0 Å². The Morgan fingerprint density at radius 3 is 2.31 bits per heavy atom. The van der Waals surface area contributed by atoms with Crippen molar-refractivity contribution in [2.75, 3.05) is 27.7 Å². The zero-order valence-electron chi connectivity index (χ0n) is 10.6. The second-order valence-electron chi connectivity index (χ2n) is 5.55. The SMILES string of the molecule is CN(CC1(N(C)C)CCC1)C(=O)NC1CC1. The minimum atomic E-state index is 0.0932. The van der Waals surface area contributed by atoms with Gasteiger partial charge in [0, 0.05) is 25.2 Å². The van der Waals surface area contributed by atoms with E-state index in [1.807, 2.05) is 11.9 Å². The lowest BCUT2D eigenvalue weighted by atomic mass is 9.75. The van der Waals surface area contributed by atoms with Crippen molar-refractivity contribution in [2.24, 2.45) is 0 Å². The minimum absolute atomic E-state index is 0.0932. The van der Waals surface area contributed by atoms with Gasteiger partial charge >= 0.3 is 6.03 Å². The van der Waals surface area contributed by atoms with Crippen molar-refractivity contribution in [2.45, 2.75) is 43.7 Å². The van der Waals surface area contributed by atoms with E-state index in [1.54, 1.807) is 0 Å². The first-order valence-corrected chi connectivity index (χ1v) is 6.23. The number of amides is 2. The molecule has 1 N–H and O–H groups in total. The third-order valence-electron chi connectivity index (χ3n) is 4.02. The van der Waals surface area contributed by atoms with E-state index in [2.05, 4.69) is 24.3 Å². The molecule has 0 bridgehead atoms. The van der Waals surface area contributed by atoms with Gasteiger partial charge in [0.1, 0.15) is 0 Å². The fourth-order valence-corrected chi connectivity index (χ4v) is 2.36. The summed E-state index contributed by atoms with van der Waals surface area (Å²) < 4.78 is 0. The summed E-state index contributed by atoms with van der Waals surface area (Å²) in [6.07, 6.45) is 6.01. The van der Waals surface area contributed by atoms with Gasteiger partial charge in [-0.2, -0.15) is 0 Å². The van der Waals surface area contributed by atoms with Crippen LogP contribution in [0.15, 0.2) is 0 Å². The Bertz CT molecular complexity index is 269. The lowest BCUT2D eigenvalue weighted by Gasteiger charge is -2.49. The molecule has 0 spiro atoms. The maximum Gasteiger partial charge on any atom is 0.317 e. The summed E-state index contributed by atoms with van der Waals surface area (Å²) in [7, 11) is 6.14. The van der Waals surface area contributed by atoms with Crippen molar-refractivity contribution >= 4 is 6.03 Å². The summed E-state index contributed by atoms with van der Waals surface area (Å²) >= 11 is 0. The van der Waals surface area contributed by atoms with Gasteiger partial charge in [-0.1, -0.05) is 0 Å². The number of likely N-dealkylation sites (N-methyl/N-ethyl adjacent to an activating group) is 2. The van der Waals surface area contributed by atoms with E-state index in [4.69, 9.17) is 0 Å². The Morgan fingerprint density at radius 1 is 1.31 bits per heavy atom. The van der Waals surface area contributed by atoms with Gasteiger partial charge < -0.3 is 15.1 Å². The van der Waals surface area contributed by atoms with E-state index in [0.29, 0.717) is 6.04 Å². The second kappa shape index (κ2) is 4.24. The highest BCUT2D eigenvalue weighted by Crippen LogP contribution is 2.36. The number of carbonyl (C=O) groups excluding carboxylic acids is 1. The van der Waals surface area contributed by atoms with Crippen LogP contribution in [0.1, 0.15) is 32.1 Å². The quantitative estimate of drug-likeness (QED) is 0.782. The number of urea groups is 1. The van der Waals surface area contributed by atoms with E-state index in [-0.39, 0.29) is 11.6 Å². The van der Waals surface area contributed by atoms with Crippen molar-refractivity contribution in [1.82, 2.24) is 15.1 Å². The molecule has 16 heavy (non-hydrogen) atoms. The standard InChI is InChI=1S/C12H23N3O/c1-14(2)12(7-4-8-12)9-15(3)11(16)13-10-5-6-10/h10H,4-9H2,1-3H3,(H,13,16). The molecule has 0 unspecified atom stereocenters. The Kier molecular flexibility index (Phi) is 3.10. The number of hydrogen-bond donors (Lipinski definition) is 1. The zero-order valence-corrected chi connectivity index (χ0v) is 10.6. The first-order valence-electron chi connectivity index (χ1n) is 6.23. The molecule has 0 aromatic rings. The van der Waals surface area contributed by atoms with Crippen molar-refractivity contribution < 1.29 is 4.79 Å². The highest BCUT2D eigenvalue weighted by Gasteiger charge is 2.41. The summed E-state index contributed by atoms with van der Waals surface area (Å²) in [5, 5.41) is 3.03. The summed E-state index contributed by atoms with van der Waals surface area (Å²) in [6, 6.07) is 0.544. The highest BCUT2D eigenvalue weighted by molar-refractivity contribution is 5.74. The zero-order chi connectivity index (χ0) is 11.8. The lowest BCUT2D eigenvalue weighted by molar-refractivity contribution is 0.0363. The first-order chi connectivity index (χ1) is 7.53. The fraction of sp³-hybridized carbons (Fsp3) is 0.917. The molecule has 0 aromatic heterocycles. The van der Waals surface area contributed by atoms with Crippen LogP contribution >= 0.6 is 0 Å². The molecule has 2 saturated carbocycles. The van der Waals surface area contributed by atoms with Gasteiger partial charge in [-0.25, -0.2) is 4.79 Å². The van der Waals surface area contributed by atoms with Gasteiger partial charge in [0.15, 0.2) is 0 Å². The van der Waals surface area contributed by atoms with E-state index in [9.17, 15) is 4.79 Å². The molecule has 0 aromatic carbocycles. The fourth-order valence-electron chi connectivity index (χ4n) is 2.36. The van der Waals surface area contributed by atoms with Crippen LogP contribution in [-0.2, 0) is 0 Å². The third-order valence-corrected chi connectivity index (χ3v) is 4.02. The molecule has 0 heterocycles. The van der Waals surface area contributed by atoms with Gasteiger partial charge in [-0.15, -0.1) is 0 Å². The summed E-state index contributed by atoms with van der Waals surface area (Å²) in [4.78, 5) is 16.0. The van der Waals surface area contributed by atoms with Crippen molar-refractivity contribution in [3.05, 3.63) is 0 Å². The molecule has 92 valence electrons. The lowest BCUT2D eigenvalue weighted by Crippen LogP contribution is -2.58. The second-order valence-corrected chi connectivity index (χ2v) is 5.55. The number of rotatable bonds is 4. The molecule has 0 aliphatic heterocycles. The molecular formula is C12H23N3O. The largest absolute Gasteiger partial charge is 0.335 e. The predicted molar refractivity (Wildman–Crippen MR) is 64.5 cm³/mol. The summed E-state index contributed by atoms with van der Waals surface area (Å²) in [6.45, 7) is 0.846. The molecule has 4 heteroatoms. The van der Waals surface area contributed by atoms with Crippen LogP contribution < -0.4 is 5.32 Å². The highest BCUT2D eigenvalue weighted by atomic mass is 16.2. The van der Waals surface area contributed by atoms with Gasteiger partial charge in [-0.05, 0) is 46.2 Å². The number of hydrogen-bond acceptors (Lipinski definition) is 2. The molecule has 4 nitrogen and oxygen atoms in total. The van der Waals surface area contributed by atoms with Gasteiger partial charge in [0.2, 0.25) is 0 Å². The topological polar surface area (TPSA) is 35.6 Å². The normalized spacial score (nSPS) is 22.8. The smallest absolute Gasteiger partial charge is 0.317 e. The van der Waals surface area contributed by atoms with Gasteiger partial charge in [-0.3, -0.25) is 0 Å². The van der Waals surface area contributed by atoms with Crippen molar-refractivity contribution in [3.63, 3.8) is 0 Å². The molecule has 2 fully saturated rings. The Hall–Kier alpha value is -0.770. The van der Waals surface area contributed by atoms with Crippen LogP contribution in [0.25, 0.3) is 0 Å². The van der Waals surface area contributed by atoms with E-state index >= 15 is 0 Å². The molecule has 0 radical (unpaired) electrons. The van der Waals surface area contributed by atoms with Crippen molar-refractivity contribution in [3.8, 4) is 0 Å². The monoisotopic (exact) mass is 225 g/mol. The predicted octanol–water partition coefficient (Wildman–Crippen LogP) is 1.27. The molecular weight excluding hydrogens is 202 g/mol. The number of nitrogens with zero attached hydrogens (tertiary/aromatic N) is 2. The van der Waals surface area contributed by atoms with Crippen LogP contribution in [0.5, 0.6) is 0 Å². The van der Waals surface area contributed by atoms with Gasteiger partial charge in [0.05, 0.1) is 0 Å². The Balaban J connectivity index is 1.84. The maximum absolute atomic E-state index is 11.8. The van der Waals surface area contributed by atoms with Crippen LogP contribution in [0.3, 0.4) is 0 Å². The average molecular weight is 225 g/mol. The number of carbonyl (C=O) groups is 1. The van der Waals surface area contributed by atoms with Crippen LogP contribution in [0.4, 0.5) is 4.79 Å². The molecule has 2 rings (SSSR count). The minimum Gasteiger partial charge on any atom is -0.335 e. The molecule has 0 atom stereocenters. The summed E-state index contributed by atoms with van der Waals surface area (Å²) in [5.74, 6) is 0. The summed E-state index contributed by atoms with van der Waals surface area (Å²) in [5.41, 5.74) is 0.232. The molecule has 2 amide bonds. The average Bonchev–Trinajstić information content (AvgIpc) is 2.93. The first kappa shape index (κ1) is 11.7. The third kappa shape index (κ3) is 2.32. The van der Waals surface area contributed by atoms with E-state index < -0.39 is 0 Å². The number of nitrogens with one attached hydrogen (secondary N) is 1. The molecule has 0 saturated heterocycles. The van der Waals surface area contributed by atoms with Gasteiger partial charge in [0.25, 0.3) is 0 Å². The maximum atomic E-state index is 11.8. The van der Waals surface area contributed by atoms with E-state index in [1.165, 1.54) is 19.3 Å². The Morgan fingerprint density at radius 2 is 1.94 bits per heavy atom. The van der Waals surface area contributed by atoms with Crippen LogP contribution in [-0.4, -0.2) is 55.1 Å². The molecule has 2 aliphatic rings. The van der Waals surface area contributed by atoms with Crippen LogP contribution in [0.2, 0.25) is 0 Å². The van der Waals surface area contributed by atoms with E-state index in [0.717, 1.165) is 19.4 Å². The Labute approximate surface area is 98.0 Å². The van der Waals surface area contributed by atoms with Crippen molar-refractivity contribution in [1.29, 1.82) is 0 Å².